The van der Waals surface area contributed by atoms with Gasteiger partial charge in [0.15, 0.2) is 5.82 Å². The van der Waals surface area contributed by atoms with Gasteiger partial charge < -0.3 is 11.2 Å². The molecule has 3 rings (SSSR count). The van der Waals surface area contributed by atoms with Crippen molar-refractivity contribution in [1.82, 2.24) is 20.2 Å². The maximum absolute atomic E-state index is 12.7. The van der Waals surface area contributed by atoms with Crippen LogP contribution in [-0.2, 0) is 10.2 Å². The summed E-state index contributed by atoms with van der Waals surface area (Å²) in [6.45, 7) is 8.12. The molecule has 0 radical (unpaired) electrons. The maximum atomic E-state index is 12.7. The lowest BCUT2D eigenvalue weighted by Crippen LogP contribution is -2.30. The van der Waals surface area contributed by atoms with E-state index in [0.29, 0.717) is 11.0 Å². The third-order valence-electron chi connectivity index (χ3n) is 4.21. The van der Waals surface area contributed by atoms with Gasteiger partial charge in [-0.05, 0) is 23.9 Å². The molecule has 0 fully saturated rings. The van der Waals surface area contributed by atoms with Crippen molar-refractivity contribution in [3.05, 3.63) is 63.6 Å². The Bertz CT molecular complexity index is 927. The molecule has 28 heavy (non-hydrogen) atoms. The zero-order valence-corrected chi connectivity index (χ0v) is 18.1. The molecule has 8 heteroatoms. The van der Waals surface area contributed by atoms with Crippen LogP contribution in [0.25, 0.3) is 0 Å². The molecule has 6 nitrogen and oxygen atoms in total. The van der Waals surface area contributed by atoms with Gasteiger partial charge in [-0.25, -0.2) is 4.68 Å². The van der Waals surface area contributed by atoms with Crippen molar-refractivity contribution >= 4 is 29.0 Å². The SMILES string of the molecule is Cc1ccc(C(NC(=O)CSc2nnc(C(C)(C)C)n2N)c2cccs2)cc1. The van der Waals surface area contributed by atoms with E-state index >= 15 is 0 Å². The quantitative estimate of drug-likeness (QED) is 0.474. The topological polar surface area (TPSA) is 85.8 Å². The fourth-order valence-electron chi connectivity index (χ4n) is 2.75. The monoisotopic (exact) mass is 415 g/mol. The number of hydrogen-bond acceptors (Lipinski definition) is 6. The van der Waals surface area contributed by atoms with E-state index in [4.69, 9.17) is 5.84 Å². The molecule has 0 spiro atoms. The number of amides is 1. The molecule has 2 heterocycles. The molecule has 1 unspecified atom stereocenters. The number of nitrogens with zero attached hydrogens (tertiary/aromatic N) is 3. The minimum absolute atomic E-state index is 0.0794. The Morgan fingerprint density at radius 3 is 2.54 bits per heavy atom. The van der Waals surface area contributed by atoms with E-state index < -0.39 is 0 Å². The van der Waals surface area contributed by atoms with Crippen LogP contribution in [-0.4, -0.2) is 26.5 Å². The van der Waals surface area contributed by atoms with Gasteiger partial charge in [0.2, 0.25) is 11.1 Å². The highest BCUT2D eigenvalue weighted by Gasteiger charge is 2.24. The minimum Gasteiger partial charge on any atom is -0.344 e. The number of aromatic nitrogens is 3. The van der Waals surface area contributed by atoms with E-state index in [2.05, 4.69) is 39.8 Å². The number of hydrogen-bond donors (Lipinski definition) is 2. The summed E-state index contributed by atoms with van der Waals surface area (Å²) in [6, 6.07) is 12.1. The van der Waals surface area contributed by atoms with Gasteiger partial charge >= 0.3 is 0 Å². The number of nitrogens with one attached hydrogen (secondary N) is 1. The minimum atomic E-state index is -0.210. The van der Waals surface area contributed by atoms with Gasteiger partial charge in [0.25, 0.3) is 0 Å². The Morgan fingerprint density at radius 2 is 1.96 bits per heavy atom. The standard InChI is InChI=1S/C20H25N5OS2/c1-13-7-9-14(10-8-13)17(15-6-5-11-27-15)22-16(26)12-28-19-24-23-18(25(19)21)20(2,3)4/h5-11,17H,12,21H2,1-4H3,(H,22,26). The number of benzene rings is 1. The van der Waals surface area contributed by atoms with Crippen LogP contribution in [0.4, 0.5) is 0 Å². The highest BCUT2D eigenvalue weighted by atomic mass is 32.2. The lowest BCUT2D eigenvalue weighted by atomic mass is 9.96. The van der Waals surface area contributed by atoms with Crippen molar-refractivity contribution in [3.8, 4) is 0 Å². The van der Waals surface area contributed by atoms with Crippen molar-refractivity contribution < 1.29 is 4.79 Å². The number of nitrogen functional groups attached to an aromatic ring is 1. The summed E-state index contributed by atoms with van der Waals surface area (Å²) in [5.74, 6) is 6.92. The largest absolute Gasteiger partial charge is 0.344 e. The molecule has 1 atom stereocenters. The van der Waals surface area contributed by atoms with E-state index in [1.165, 1.54) is 22.0 Å². The van der Waals surface area contributed by atoms with E-state index in [9.17, 15) is 4.79 Å². The van der Waals surface area contributed by atoms with Crippen molar-refractivity contribution in [2.45, 2.75) is 44.3 Å². The van der Waals surface area contributed by atoms with Gasteiger partial charge in [-0.2, -0.15) is 0 Å². The van der Waals surface area contributed by atoms with Crippen molar-refractivity contribution in [2.75, 3.05) is 11.6 Å². The highest BCUT2D eigenvalue weighted by Crippen LogP contribution is 2.27. The van der Waals surface area contributed by atoms with Crippen molar-refractivity contribution in [1.29, 1.82) is 0 Å². The van der Waals surface area contributed by atoms with E-state index in [1.54, 1.807) is 11.3 Å². The third kappa shape index (κ3) is 4.74. The zero-order valence-electron chi connectivity index (χ0n) is 16.5. The molecule has 0 aliphatic rings. The molecule has 3 aromatic rings. The first-order chi connectivity index (χ1) is 13.3. The fourth-order valence-corrected chi connectivity index (χ4v) is 4.22. The summed E-state index contributed by atoms with van der Waals surface area (Å²) in [4.78, 5) is 13.7. The highest BCUT2D eigenvalue weighted by molar-refractivity contribution is 7.99. The summed E-state index contributed by atoms with van der Waals surface area (Å²) in [6.07, 6.45) is 0. The second-order valence-corrected chi connectivity index (χ2v) is 9.56. The summed E-state index contributed by atoms with van der Waals surface area (Å²) in [5, 5.41) is 14.0. The summed E-state index contributed by atoms with van der Waals surface area (Å²) < 4.78 is 1.47. The van der Waals surface area contributed by atoms with Gasteiger partial charge in [-0.15, -0.1) is 21.5 Å². The van der Waals surface area contributed by atoms with E-state index in [-0.39, 0.29) is 23.1 Å². The Morgan fingerprint density at radius 1 is 1.25 bits per heavy atom. The van der Waals surface area contributed by atoms with Gasteiger partial charge in [0, 0.05) is 10.3 Å². The van der Waals surface area contributed by atoms with Crippen molar-refractivity contribution in [3.63, 3.8) is 0 Å². The average Bonchev–Trinajstić information content (AvgIpc) is 3.28. The van der Waals surface area contributed by atoms with Crippen LogP contribution in [0.5, 0.6) is 0 Å². The first-order valence-corrected chi connectivity index (χ1v) is 10.9. The van der Waals surface area contributed by atoms with Crippen LogP contribution in [0.2, 0.25) is 0 Å². The molecular weight excluding hydrogens is 390 g/mol. The van der Waals surface area contributed by atoms with Crippen LogP contribution in [0.3, 0.4) is 0 Å². The van der Waals surface area contributed by atoms with Crippen LogP contribution in [0.1, 0.15) is 48.6 Å². The number of thiophene rings is 1. The number of rotatable bonds is 6. The second kappa shape index (κ2) is 8.36. The zero-order chi connectivity index (χ0) is 20.3. The summed E-state index contributed by atoms with van der Waals surface area (Å²) in [5.41, 5.74) is 2.04. The van der Waals surface area contributed by atoms with E-state index in [1.807, 2.05) is 45.2 Å². The first-order valence-electron chi connectivity index (χ1n) is 8.99. The Balaban J connectivity index is 1.70. The number of carbonyl (C=O) groups excluding carboxylic acids is 1. The Labute approximate surface area is 173 Å². The van der Waals surface area contributed by atoms with Gasteiger partial charge in [0.1, 0.15) is 0 Å². The first kappa shape index (κ1) is 20.4. The van der Waals surface area contributed by atoms with Crippen LogP contribution in [0, 0.1) is 6.92 Å². The smallest absolute Gasteiger partial charge is 0.231 e. The summed E-state index contributed by atoms with van der Waals surface area (Å²) in [7, 11) is 0. The molecule has 2 aromatic heterocycles. The summed E-state index contributed by atoms with van der Waals surface area (Å²) >= 11 is 2.91. The van der Waals surface area contributed by atoms with E-state index in [0.717, 1.165) is 10.4 Å². The average molecular weight is 416 g/mol. The maximum Gasteiger partial charge on any atom is 0.231 e. The predicted octanol–water partition coefficient (Wildman–Crippen LogP) is 3.66. The molecule has 0 aliphatic carbocycles. The molecule has 148 valence electrons. The molecule has 0 bridgehead atoms. The van der Waals surface area contributed by atoms with Gasteiger partial charge in [-0.1, -0.05) is 68.4 Å². The molecule has 0 saturated carbocycles. The Kier molecular flexibility index (Phi) is 6.10. The number of thioether (sulfide) groups is 1. The predicted molar refractivity (Wildman–Crippen MR) is 115 cm³/mol. The van der Waals surface area contributed by atoms with Gasteiger partial charge in [-0.3, -0.25) is 4.79 Å². The molecular formula is C20H25N5OS2. The molecule has 3 N–H and O–H groups in total. The second-order valence-electron chi connectivity index (χ2n) is 7.64. The number of carbonyl (C=O) groups is 1. The Hall–Kier alpha value is -2.32. The van der Waals surface area contributed by atoms with Crippen LogP contribution in [0.15, 0.2) is 46.9 Å². The lowest BCUT2D eigenvalue weighted by molar-refractivity contribution is -0.119. The van der Waals surface area contributed by atoms with Crippen LogP contribution >= 0.6 is 23.1 Å². The van der Waals surface area contributed by atoms with Gasteiger partial charge in [0.05, 0.1) is 11.8 Å². The third-order valence-corrected chi connectivity index (χ3v) is 6.09. The molecule has 0 aliphatic heterocycles. The fraction of sp³-hybridized carbons (Fsp3) is 0.350. The lowest BCUT2D eigenvalue weighted by Gasteiger charge is -2.18. The van der Waals surface area contributed by atoms with Crippen LogP contribution < -0.4 is 11.2 Å². The number of nitrogens with two attached hydrogens (primary N) is 1. The molecule has 0 saturated heterocycles. The number of aryl methyl sites for hydroxylation is 1. The molecule has 1 amide bonds. The van der Waals surface area contributed by atoms with Crippen molar-refractivity contribution in [2.24, 2.45) is 0 Å². The normalized spacial score (nSPS) is 12.7. The molecule has 1 aromatic carbocycles.